The highest BCUT2D eigenvalue weighted by Gasteiger charge is 2.10. The van der Waals surface area contributed by atoms with Crippen molar-refractivity contribution in [2.45, 2.75) is 6.54 Å². The molecule has 1 aromatic carbocycles. The molecule has 1 aromatic heterocycles. The number of amides is 1. The second kappa shape index (κ2) is 9.21. The van der Waals surface area contributed by atoms with Crippen LogP contribution < -0.4 is 10.6 Å². The summed E-state index contributed by atoms with van der Waals surface area (Å²) >= 11 is 0. The fourth-order valence-electron chi connectivity index (χ4n) is 2.57. The van der Waals surface area contributed by atoms with Gasteiger partial charge in [-0.25, -0.2) is 14.4 Å². The molecule has 1 aliphatic heterocycles. The van der Waals surface area contributed by atoms with Crippen LogP contribution in [0.1, 0.15) is 15.9 Å². The Morgan fingerprint density at radius 1 is 1.15 bits per heavy atom. The summed E-state index contributed by atoms with van der Waals surface area (Å²) in [6, 6.07) is 5.99. The first-order valence-electron chi connectivity index (χ1n) is 8.59. The van der Waals surface area contributed by atoms with Gasteiger partial charge in [0.2, 0.25) is 5.95 Å². The number of carbonyl (C=O) groups is 1. The van der Waals surface area contributed by atoms with Crippen LogP contribution in [-0.2, 0) is 11.3 Å². The molecule has 2 aromatic rings. The molecule has 138 valence electrons. The molecule has 0 radical (unpaired) electrons. The third-order valence-corrected chi connectivity index (χ3v) is 4.10. The molecule has 1 saturated heterocycles. The maximum atomic E-state index is 12.9. The maximum Gasteiger partial charge on any atom is 0.254 e. The number of anilines is 1. The summed E-state index contributed by atoms with van der Waals surface area (Å²) in [4.78, 5) is 22.8. The fourth-order valence-corrected chi connectivity index (χ4v) is 2.57. The Morgan fingerprint density at radius 2 is 1.85 bits per heavy atom. The van der Waals surface area contributed by atoms with Crippen LogP contribution in [0.25, 0.3) is 0 Å². The number of hydrogen-bond acceptors (Lipinski definition) is 6. The molecule has 0 saturated carbocycles. The molecular formula is C18H22FN5O2. The molecule has 7 nitrogen and oxygen atoms in total. The Morgan fingerprint density at radius 3 is 2.54 bits per heavy atom. The molecule has 8 heteroatoms. The summed E-state index contributed by atoms with van der Waals surface area (Å²) in [5, 5.41) is 5.91. The van der Waals surface area contributed by atoms with Crippen LogP contribution in [0.5, 0.6) is 0 Å². The van der Waals surface area contributed by atoms with Crippen LogP contribution in [0.2, 0.25) is 0 Å². The third kappa shape index (κ3) is 5.47. The van der Waals surface area contributed by atoms with Gasteiger partial charge in [0.25, 0.3) is 5.91 Å². The summed E-state index contributed by atoms with van der Waals surface area (Å²) in [7, 11) is 0. The highest BCUT2D eigenvalue weighted by Crippen LogP contribution is 2.04. The predicted molar refractivity (Wildman–Crippen MR) is 95.4 cm³/mol. The summed E-state index contributed by atoms with van der Waals surface area (Å²) in [5.41, 5.74) is 1.20. The number of nitrogens with zero attached hydrogens (tertiary/aromatic N) is 3. The lowest BCUT2D eigenvalue weighted by molar-refractivity contribution is 0.0398. The van der Waals surface area contributed by atoms with Gasteiger partial charge in [-0.15, -0.1) is 0 Å². The Hall–Kier alpha value is -2.58. The highest BCUT2D eigenvalue weighted by atomic mass is 19.1. The smallest absolute Gasteiger partial charge is 0.254 e. The van der Waals surface area contributed by atoms with Gasteiger partial charge in [-0.3, -0.25) is 9.69 Å². The van der Waals surface area contributed by atoms with Crippen molar-refractivity contribution in [3.63, 3.8) is 0 Å². The molecule has 2 N–H and O–H groups in total. The van der Waals surface area contributed by atoms with E-state index in [1.165, 1.54) is 24.5 Å². The van der Waals surface area contributed by atoms with E-state index < -0.39 is 0 Å². The average Bonchev–Trinajstić information content (AvgIpc) is 2.69. The molecule has 0 aliphatic carbocycles. The van der Waals surface area contributed by atoms with Gasteiger partial charge in [-0.1, -0.05) is 12.1 Å². The zero-order valence-corrected chi connectivity index (χ0v) is 14.4. The molecular weight excluding hydrogens is 337 g/mol. The topological polar surface area (TPSA) is 79.4 Å². The van der Waals surface area contributed by atoms with Gasteiger partial charge in [0.05, 0.1) is 18.8 Å². The number of halogens is 1. The van der Waals surface area contributed by atoms with E-state index in [4.69, 9.17) is 4.74 Å². The summed E-state index contributed by atoms with van der Waals surface area (Å²) in [5.74, 6) is -0.0762. The monoisotopic (exact) mass is 359 g/mol. The SMILES string of the molecule is O=C(NCc1ccc(F)cc1)c1cnc(NCCN2CCOCC2)nc1. The second-order valence-corrected chi connectivity index (χ2v) is 5.99. The van der Waals surface area contributed by atoms with Gasteiger partial charge < -0.3 is 15.4 Å². The van der Waals surface area contributed by atoms with E-state index in [9.17, 15) is 9.18 Å². The molecule has 0 atom stereocenters. The van der Waals surface area contributed by atoms with Crippen LogP contribution in [0.4, 0.5) is 10.3 Å². The normalized spacial score (nSPS) is 14.8. The molecule has 1 fully saturated rings. The Bertz CT molecular complexity index is 703. The van der Waals surface area contributed by atoms with E-state index in [1.54, 1.807) is 12.1 Å². The first-order chi connectivity index (χ1) is 12.7. The first-order valence-corrected chi connectivity index (χ1v) is 8.59. The van der Waals surface area contributed by atoms with E-state index in [0.717, 1.165) is 45.0 Å². The maximum absolute atomic E-state index is 12.9. The summed E-state index contributed by atoms with van der Waals surface area (Å²) in [6.07, 6.45) is 2.98. The van der Waals surface area contributed by atoms with Gasteiger partial charge in [-0.2, -0.15) is 0 Å². The van der Waals surface area contributed by atoms with Gasteiger partial charge in [-0.05, 0) is 17.7 Å². The number of morpholine rings is 1. The Balaban J connectivity index is 1.42. The third-order valence-electron chi connectivity index (χ3n) is 4.10. The Labute approximate surface area is 151 Å². The van der Waals surface area contributed by atoms with E-state index in [2.05, 4.69) is 25.5 Å². The summed E-state index contributed by atoms with van der Waals surface area (Å²) in [6.45, 7) is 5.38. The van der Waals surface area contributed by atoms with Crippen molar-refractivity contribution in [1.29, 1.82) is 0 Å². The minimum Gasteiger partial charge on any atom is -0.379 e. The zero-order chi connectivity index (χ0) is 18.2. The van der Waals surface area contributed by atoms with Crippen LogP contribution in [0.3, 0.4) is 0 Å². The lowest BCUT2D eigenvalue weighted by atomic mass is 10.2. The molecule has 0 unspecified atom stereocenters. The number of rotatable bonds is 7. The van der Waals surface area contributed by atoms with Crippen molar-refractivity contribution in [3.05, 3.63) is 53.6 Å². The van der Waals surface area contributed by atoms with Crippen LogP contribution >= 0.6 is 0 Å². The average molecular weight is 359 g/mol. The standard InChI is InChI=1S/C18H22FN5O2/c19-16-3-1-14(2-4-16)11-21-17(25)15-12-22-18(23-13-15)20-5-6-24-7-9-26-10-8-24/h1-4,12-13H,5-11H2,(H,21,25)(H,20,22,23). The molecule has 3 rings (SSSR count). The molecule has 1 amide bonds. The van der Waals surface area contributed by atoms with Crippen molar-refractivity contribution >= 4 is 11.9 Å². The quantitative estimate of drug-likeness (QED) is 0.776. The molecule has 26 heavy (non-hydrogen) atoms. The lowest BCUT2D eigenvalue weighted by Crippen LogP contribution is -2.39. The fraction of sp³-hybridized carbons (Fsp3) is 0.389. The number of ether oxygens (including phenoxy) is 1. The van der Waals surface area contributed by atoms with Crippen LogP contribution in [-0.4, -0.2) is 60.2 Å². The highest BCUT2D eigenvalue weighted by molar-refractivity contribution is 5.93. The zero-order valence-electron chi connectivity index (χ0n) is 14.4. The van der Waals surface area contributed by atoms with Crippen molar-refractivity contribution in [2.24, 2.45) is 0 Å². The predicted octanol–water partition coefficient (Wildman–Crippen LogP) is 1.29. The number of benzene rings is 1. The van der Waals surface area contributed by atoms with Crippen LogP contribution in [0.15, 0.2) is 36.7 Å². The minimum atomic E-state index is -0.301. The van der Waals surface area contributed by atoms with E-state index in [-0.39, 0.29) is 11.7 Å². The molecule has 1 aliphatic rings. The van der Waals surface area contributed by atoms with Crippen molar-refractivity contribution in [3.8, 4) is 0 Å². The van der Waals surface area contributed by atoms with Gasteiger partial charge in [0, 0.05) is 45.1 Å². The minimum absolute atomic E-state index is 0.269. The van der Waals surface area contributed by atoms with Crippen LogP contribution in [0, 0.1) is 5.82 Å². The Kier molecular flexibility index (Phi) is 6.45. The number of carbonyl (C=O) groups excluding carboxylic acids is 1. The largest absolute Gasteiger partial charge is 0.379 e. The van der Waals surface area contributed by atoms with Crippen molar-refractivity contribution in [1.82, 2.24) is 20.2 Å². The van der Waals surface area contributed by atoms with E-state index >= 15 is 0 Å². The molecule has 0 bridgehead atoms. The molecule has 2 heterocycles. The van der Waals surface area contributed by atoms with Crippen molar-refractivity contribution in [2.75, 3.05) is 44.7 Å². The second-order valence-electron chi connectivity index (χ2n) is 5.99. The number of nitrogens with one attached hydrogen (secondary N) is 2. The number of aromatic nitrogens is 2. The number of hydrogen-bond donors (Lipinski definition) is 2. The first kappa shape index (κ1) is 18.2. The van der Waals surface area contributed by atoms with E-state index in [0.29, 0.717) is 18.1 Å². The molecule has 0 spiro atoms. The lowest BCUT2D eigenvalue weighted by Gasteiger charge is -2.26. The van der Waals surface area contributed by atoms with E-state index in [1.807, 2.05) is 0 Å². The summed E-state index contributed by atoms with van der Waals surface area (Å²) < 4.78 is 18.2. The van der Waals surface area contributed by atoms with Gasteiger partial charge in [0.1, 0.15) is 5.82 Å². The van der Waals surface area contributed by atoms with Gasteiger partial charge >= 0.3 is 0 Å². The van der Waals surface area contributed by atoms with Crippen molar-refractivity contribution < 1.29 is 13.9 Å². The van der Waals surface area contributed by atoms with Gasteiger partial charge in [0.15, 0.2) is 0 Å².